The van der Waals surface area contributed by atoms with Crippen molar-refractivity contribution in [3.63, 3.8) is 0 Å². The Hall–Kier alpha value is 1.16. The van der Waals surface area contributed by atoms with Gasteiger partial charge in [-0.2, -0.15) is 8.42 Å². The van der Waals surface area contributed by atoms with Crippen molar-refractivity contribution >= 4 is 21.7 Å². The zero-order chi connectivity index (χ0) is 7.49. The molecule has 0 aromatic carbocycles. The van der Waals surface area contributed by atoms with Crippen LogP contribution in [0.5, 0.6) is 0 Å². The van der Waals surface area contributed by atoms with E-state index >= 15 is 0 Å². The molecule has 0 aliphatic carbocycles. The second kappa shape index (κ2) is 5.77. The Kier molecular flexibility index (Phi) is 7.92. The maximum atomic E-state index is 9.94. The smallest absolute Gasteiger partial charge is 0.391 e. The maximum Gasteiger partial charge on any atom is 1.00 e. The maximum absolute atomic E-state index is 9.94. The van der Waals surface area contributed by atoms with Crippen LogP contribution in [0.4, 0.5) is 0 Å². The average Bonchev–Trinajstić information content (AvgIpc) is 1.62. The van der Waals surface area contributed by atoms with Gasteiger partial charge in [-0.15, -0.1) is 11.6 Å². The van der Waals surface area contributed by atoms with Crippen molar-refractivity contribution in [1.82, 2.24) is 0 Å². The first-order valence-electron chi connectivity index (χ1n) is 2.15. The molecule has 0 bridgehead atoms. The fourth-order valence-electron chi connectivity index (χ4n) is 0.288. The summed E-state index contributed by atoms with van der Waals surface area (Å²) in [4.78, 5) is 0. The van der Waals surface area contributed by atoms with Crippen LogP contribution in [0.1, 0.15) is 0 Å². The minimum Gasteiger partial charge on any atom is -0.391 e. The second-order valence-corrected chi connectivity index (χ2v) is 3.36. The molecule has 0 aliphatic rings. The minimum absolute atomic E-state index is 0. The molecule has 56 valence electrons. The molecule has 0 heterocycles. The van der Waals surface area contributed by atoms with Gasteiger partial charge >= 0.3 is 29.6 Å². The van der Waals surface area contributed by atoms with Crippen LogP contribution < -0.4 is 29.6 Å². The van der Waals surface area contributed by atoms with Gasteiger partial charge in [-0.1, -0.05) is 0 Å². The van der Waals surface area contributed by atoms with Crippen molar-refractivity contribution in [1.29, 1.82) is 0 Å². The molecular formula is C3H7ClNaO4S+. The Bertz CT molecular complexity index is 167. The number of hydrogen-bond donors (Lipinski definition) is 2. The summed E-state index contributed by atoms with van der Waals surface area (Å²) in [5.74, 6) is -0.893. The first-order valence-corrected chi connectivity index (χ1v) is 4.29. The van der Waals surface area contributed by atoms with E-state index in [2.05, 4.69) is 0 Å². The zero-order valence-electron chi connectivity index (χ0n) is 5.49. The van der Waals surface area contributed by atoms with E-state index in [0.29, 0.717) is 0 Å². The molecule has 0 radical (unpaired) electrons. The SMILES string of the molecule is O=S(=O)(O)CC(O)CCl.[Na+]. The summed E-state index contributed by atoms with van der Waals surface area (Å²) in [6.45, 7) is 0. The number of alkyl halides is 1. The van der Waals surface area contributed by atoms with Gasteiger partial charge in [-0.05, 0) is 0 Å². The van der Waals surface area contributed by atoms with Gasteiger partial charge in [0.05, 0.1) is 6.10 Å². The van der Waals surface area contributed by atoms with Crippen LogP contribution in [0.25, 0.3) is 0 Å². The third-order valence-electron chi connectivity index (χ3n) is 0.581. The fraction of sp³-hybridized carbons (Fsp3) is 1.00. The molecule has 4 nitrogen and oxygen atoms in total. The summed E-state index contributed by atoms with van der Waals surface area (Å²) < 4.78 is 27.9. The van der Waals surface area contributed by atoms with Crippen LogP contribution in [-0.2, 0) is 10.1 Å². The third kappa shape index (κ3) is 9.16. The first-order chi connectivity index (χ1) is 3.95. The number of halogens is 1. The van der Waals surface area contributed by atoms with Crippen LogP contribution >= 0.6 is 11.6 Å². The molecule has 0 aliphatic heterocycles. The average molecular weight is 198 g/mol. The van der Waals surface area contributed by atoms with Crippen molar-refractivity contribution in [2.75, 3.05) is 11.6 Å². The predicted molar refractivity (Wildman–Crippen MR) is 33.1 cm³/mol. The van der Waals surface area contributed by atoms with Crippen LogP contribution in [0, 0.1) is 0 Å². The van der Waals surface area contributed by atoms with Gasteiger partial charge in [0.2, 0.25) is 0 Å². The van der Waals surface area contributed by atoms with E-state index in [4.69, 9.17) is 21.3 Å². The quantitative estimate of drug-likeness (QED) is 0.280. The van der Waals surface area contributed by atoms with Crippen LogP contribution in [0.15, 0.2) is 0 Å². The normalized spacial score (nSPS) is 13.9. The Morgan fingerprint density at radius 1 is 1.50 bits per heavy atom. The Balaban J connectivity index is 0. The van der Waals surface area contributed by atoms with Gasteiger partial charge in [0.25, 0.3) is 10.1 Å². The van der Waals surface area contributed by atoms with Crippen LogP contribution in [0.3, 0.4) is 0 Å². The summed E-state index contributed by atoms with van der Waals surface area (Å²) in [5, 5.41) is 8.52. The number of aliphatic hydroxyl groups is 1. The first kappa shape index (κ1) is 13.7. The number of rotatable bonds is 3. The Morgan fingerprint density at radius 3 is 2.00 bits per heavy atom. The van der Waals surface area contributed by atoms with Gasteiger partial charge in [0.15, 0.2) is 0 Å². The molecule has 1 unspecified atom stereocenters. The third-order valence-corrected chi connectivity index (χ3v) is 1.74. The van der Waals surface area contributed by atoms with Crippen molar-refractivity contribution in [2.24, 2.45) is 0 Å². The predicted octanol–water partition coefficient (Wildman–Crippen LogP) is -3.52. The van der Waals surface area contributed by atoms with E-state index in [-0.39, 0.29) is 35.4 Å². The minimum atomic E-state index is -4.07. The van der Waals surface area contributed by atoms with Crippen molar-refractivity contribution in [2.45, 2.75) is 6.10 Å². The van der Waals surface area contributed by atoms with Gasteiger partial charge in [-0.25, -0.2) is 0 Å². The summed E-state index contributed by atoms with van der Waals surface area (Å²) >= 11 is 5.03. The summed E-state index contributed by atoms with van der Waals surface area (Å²) in [7, 11) is -4.07. The topological polar surface area (TPSA) is 74.6 Å². The monoisotopic (exact) mass is 197 g/mol. The fourth-order valence-corrected chi connectivity index (χ4v) is 1.13. The van der Waals surface area contributed by atoms with Crippen molar-refractivity contribution < 1.29 is 47.6 Å². The van der Waals surface area contributed by atoms with Gasteiger partial charge in [-0.3, -0.25) is 4.55 Å². The largest absolute Gasteiger partial charge is 1.00 e. The van der Waals surface area contributed by atoms with E-state index in [1.807, 2.05) is 0 Å². The number of hydrogen-bond acceptors (Lipinski definition) is 3. The molecular weight excluding hydrogens is 191 g/mol. The molecule has 2 N–H and O–H groups in total. The molecule has 7 heteroatoms. The Labute approximate surface area is 86.6 Å². The molecule has 0 aromatic heterocycles. The molecule has 0 rings (SSSR count). The standard InChI is InChI=1S/C3H7ClO4S.Na/c4-1-3(5)2-9(6,7)8;/h3,5H,1-2H2,(H,6,7,8);/q;+1. The molecule has 0 spiro atoms. The van der Waals surface area contributed by atoms with Crippen molar-refractivity contribution in [3.8, 4) is 0 Å². The molecule has 0 saturated carbocycles. The van der Waals surface area contributed by atoms with E-state index in [0.717, 1.165) is 0 Å². The molecule has 10 heavy (non-hydrogen) atoms. The molecule has 0 amide bonds. The van der Waals surface area contributed by atoms with Crippen LogP contribution in [0.2, 0.25) is 0 Å². The van der Waals surface area contributed by atoms with Gasteiger partial charge < -0.3 is 5.11 Å². The van der Waals surface area contributed by atoms with Crippen molar-refractivity contribution in [3.05, 3.63) is 0 Å². The second-order valence-electron chi connectivity index (χ2n) is 1.56. The molecule has 0 fully saturated rings. The van der Waals surface area contributed by atoms with E-state index in [1.54, 1.807) is 0 Å². The van der Waals surface area contributed by atoms with E-state index in [9.17, 15) is 8.42 Å². The molecule has 0 aromatic rings. The summed E-state index contributed by atoms with van der Waals surface area (Å²) in [6, 6.07) is 0. The van der Waals surface area contributed by atoms with Gasteiger partial charge in [0, 0.05) is 5.88 Å². The summed E-state index contributed by atoms with van der Waals surface area (Å²) in [5.41, 5.74) is 0. The number of aliphatic hydroxyl groups excluding tert-OH is 1. The Morgan fingerprint density at radius 2 is 1.90 bits per heavy atom. The van der Waals surface area contributed by atoms with E-state index in [1.165, 1.54) is 0 Å². The molecule has 0 saturated heterocycles. The zero-order valence-corrected chi connectivity index (χ0v) is 9.06. The molecule has 1 atom stereocenters. The van der Waals surface area contributed by atoms with Gasteiger partial charge in [0.1, 0.15) is 5.75 Å². The van der Waals surface area contributed by atoms with E-state index < -0.39 is 22.0 Å². The summed E-state index contributed by atoms with van der Waals surface area (Å²) in [6.07, 6.45) is -1.18. The van der Waals surface area contributed by atoms with Crippen LogP contribution in [-0.4, -0.2) is 35.8 Å².